The Morgan fingerprint density at radius 1 is 1.16 bits per heavy atom. The van der Waals surface area contributed by atoms with Gasteiger partial charge in [0.15, 0.2) is 6.61 Å². The van der Waals surface area contributed by atoms with Gasteiger partial charge in [0.1, 0.15) is 0 Å². The Morgan fingerprint density at radius 3 is 2.68 bits per heavy atom. The molecule has 0 unspecified atom stereocenters. The van der Waals surface area contributed by atoms with Crippen LogP contribution in [0.1, 0.15) is 49.4 Å². The van der Waals surface area contributed by atoms with Crippen LogP contribution < -0.4 is 4.90 Å². The molecule has 2 amide bonds. The molecular weight excluding hydrogens is 320 g/mol. The highest BCUT2D eigenvalue weighted by Crippen LogP contribution is 2.26. The summed E-state index contributed by atoms with van der Waals surface area (Å²) in [4.78, 5) is 40.2. The molecule has 3 rings (SSSR count). The standard InChI is InChI=1S/C19H24N2O4/c1-14-7-4-5-11-20(14)18(23)13-25-19(24)15-8-2-3-9-16(15)21-12-6-10-17(21)22/h2-3,8-9,14H,4-7,10-13H2,1H3/t14-/m0/s1. The van der Waals surface area contributed by atoms with E-state index in [1.807, 2.05) is 6.92 Å². The molecule has 2 aliphatic rings. The van der Waals surface area contributed by atoms with Gasteiger partial charge < -0.3 is 14.5 Å². The molecule has 2 saturated heterocycles. The number of rotatable bonds is 4. The van der Waals surface area contributed by atoms with E-state index in [-0.39, 0.29) is 24.5 Å². The number of hydrogen-bond donors (Lipinski definition) is 0. The number of amides is 2. The van der Waals surface area contributed by atoms with E-state index in [1.165, 1.54) is 0 Å². The maximum atomic E-state index is 12.5. The average molecular weight is 344 g/mol. The average Bonchev–Trinajstić information content (AvgIpc) is 3.05. The number of carbonyl (C=O) groups excluding carboxylic acids is 3. The quantitative estimate of drug-likeness (QED) is 0.787. The number of ether oxygens (including phenoxy) is 1. The van der Waals surface area contributed by atoms with Gasteiger partial charge in [0.25, 0.3) is 5.91 Å². The van der Waals surface area contributed by atoms with Crippen LogP contribution in [-0.4, -0.2) is 48.4 Å². The van der Waals surface area contributed by atoms with Gasteiger partial charge in [0.05, 0.1) is 11.3 Å². The minimum Gasteiger partial charge on any atom is -0.452 e. The lowest BCUT2D eigenvalue weighted by Crippen LogP contribution is -2.44. The number of anilines is 1. The van der Waals surface area contributed by atoms with Crippen LogP contribution in [0.15, 0.2) is 24.3 Å². The van der Waals surface area contributed by atoms with Crippen LogP contribution in [0.2, 0.25) is 0 Å². The smallest absolute Gasteiger partial charge is 0.340 e. The number of carbonyl (C=O) groups is 3. The first-order valence-corrected chi connectivity index (χ1v) is 8.94. The van der Waals surface area contributed by atoms with Crippen molar-refractivity contribution in [1.82, 2.24) is 4.90 Å². The first-order chi connectivity index (χ1) is 12.1. The lowest BCUT2D eigenvalue weighted by atomic mass is 10.0. The molecule has 1 aromatic rings. The summed E-state index contributed by atoms with van der Waals surface area (Å²) in [6.07, 6.45) is 4.38. The lowest BCUT2D eigenvalue weighted by molar-refractivity contribution is -0.137. The molecule has 6 nitrogen and oxygen atoms in total. The summed E-state index contributed by atoms with van der Waals surface area (Å²) in [7, 11) is 0. The Bertz CT molecular complexity index is 673. The van der Waals surface area contributed by atoms with E-state index in [0.29, 0.717) is 24.2 Å². The molecule has 6 heteroatoms. The zero-order valence-corrected chi connectivity index (χ0v) is 14.6. The van der Waals surface area contributed by atoms with Crippen LogP contribution >= 0.6 is 0 Å². The van der Waals surface area contributed by atoms with Crippen molar-refractivity contribution in [1.29, 1.82) is 0 Å². The van der Waals surface area contributed by atoms with Gasteiger partial charge in [-0.1, -0.05) is 12.1 Å². The van der Waals surface area contributed by atoms with Gasteiger partial charge in [-0.05, 0) is 44.7 Å². The number of esters is 1. The molecule has 0 aromatic heterocycles. The minimum atomic E-state index is -0.562. The zero-order valence-electron chi connectivity index (χ0n) is 14.6. The first-order valence-electron chi connectivity index (χ1n) is 8.94. The monoisotopic (exact) mass is 344 g/mol. The normalized spacial score (nSPS) is 20.7. The maximum absolute atomic E-state index is 12.5. The van der Waals surface area contributed by atoms with Gasteiger partial charge in [0.2, 0.25) is 5.91 Å². The Balaban J connectivity index is 1.65. The second-order valence-electron chi connectivity index (χ2n) is 6.67. The van der Waals surface area contributed by atoms with Crippen molar-refractivity contribution >= 4 is 23.5 Å². The fourth-order valence-corrected chi connectivity index (χ4v) is 3.54. The molecule has 1 atom stereocenters. The molecule has 2 aliphatic heterocycles. The fraction of sp³-hybridized carbons (Fsp3) is 0.526. The highest BCUT2D eigenvalue weighted by molar-refractivity contribution is 6.03. The number of likely N-dealkylation sites (tertiary alicyclic amines) is 1. The third-order valence-corrected chi connectivity index (χ3v) is 4.94. The minimum absolute atomic E-state index is 0.0125. The molecule has 0 saturated carbocycles. The van der Waals surface area contributed by atoms with Gasteiger partial charge in [-0.2, -0.15) is 0 Å². The predicted molar refractivity (Wildman–Crippen MR) is 93.3 cm³/mol. The van der Waals surface area contributed by atoms with Gasteiger partial charge in [0, 0.05) is 25.6 Å². The molecule has 0 N–H and O–H groups in total. The third kappa shape index (κ3) is 3.83. The van der Waals surface area contributed by atoms with Crippen molar-refractivity contribution < 1.29 is 19.1 Å². The molecule has 1 aromatic carbocycles. The molecule has 0 aliphatic carbocycles. The van der Waals surface area contributed by atoms with Crippen LogP contribution in [0, 0.1) is 0 Å². The first kappa shape index (κ1) is 17.5. The van der Waals surface area contributed by atoms with E-state index in [2.05, 4.69) is 0 Å². The lowest BCUT2D eigenvalue weighted by Gasteiger charge is -2.33. The predicted octanol–water partition coefficient (Wildman–Crippen LogP) is 2.37. The Hall–Kier alpha value is -2.37. The number of hydrogen-bond acceptors (Lipinski definition) is 4. The SMILES string of the molecule is C[C@H]1CCCCN1C(=O)COC(=O)c1ccccc1N1CCCC1=O. The van der Waals surface area contributed by atoms with Gasteiger partial charge in [-0.15, -0.1) is 0 Å². The number of piperidine rings is 1. The zero-order chi connectivity index (χ0) is 17.8. The highest BCUT2D eigenvalue weighted by Gasteiger charge is 2.27. The van der Waals surface area contributed by atoms with Crippen LogP contribution in [0.5, 0.6) is 0 Å². The van der Waals surface area contributed by atoms with Gasteiger partial charge >= 0.3 is 5.97 Å². The summed E-state index contributed by atoms with van der Waals surface area (Å²) in [6, 6.07) is 7.09. The summed E-state index contributed by atoms with van der Waals surface area (Å²) in [5.74, 6) is -0.706. The molecule has 0 spiro atoms. The fourth-order valence-electron chi connectivity index (χ4n) is 3.54. The Kier molecular flexibility index (Phi) is 5.36. The van der Waals surface area contributed by atoms with E-state index < -0.39 is 5.97 Å². The number of nitrogens with zero attached hydrogens (tertiary/aromatic N) is 2. The summed E-state index contributed by atoms with van der Waals surface area (Å²) >= 11 is 0. The van der Waals surface area contributed by atoms with Crippen molar-refractivity contribution in [2.24, 2.45) is 0 Å². The summed E-state index contributed by atoms with van der Waals surface area (Å²) in [5, 5.41) is 0. The molecule has 134 valence electrons. The third-order valence-electron chi connectivity index (χ3n) is 4.94. The molecule has 2 fully saturated rings. The van der Waals surface area contributed by atoms with E-state index in [4.69, 9.17) is 4.74 Å². The molecule has 0 radical (unpaired) electrons. The molecule has 2 heterocycles. The van der Waals surface area contributed by atoms with E-state index in [0.717, 1.165) is 32.2 Å². The van der Waals surface area contributed by atoms with Crippen LogP contribution in [0.25, 0.3) is 0 Å². The Morgan fingerprint density at radius 2 is 1.96 bits per heavy atom. The van der Waals surface area contributed by atoms with Crippen LogP contribution in [0.4, 0.5) is 5.69 Å². The van der Waals surface area contributed by atoms with Crippen molar-refractivity contribution in [3.8, 4) is 0 Å². The summed E-state index contributed by atoms with van der Waals surface area (Å²) in [6.45, 7) is 3.09. The van der Waals surface area contributed by atoms with E-state index >= 15 is 0 Å². The second kappa shape index (κ2) is 7.68. The number of benzene rings is 1. The molecule has 25 heavy (non-hydrogen) atoms. The second-order valence-corrected chi connectivity index (χ2v) is 6.67. The largest absolute Gasteiger partial charge is 0.452 e. The summed E-state index contributed by atoms with van der Waals surface area (Å²) in [5.41, 5.74) is 0.894. The molecule has 0 bridgehead atoms. The van der Waals surface area contributed by atoms with E-state index in [1.54, 1.807) is 34.1 Å². The van der Waals surface area contributed by atoms with Gasteiger partial charge in [-0.3, -0.25) is 9.59 Å². The van der Waals surface area contributed by atoms with Crippen molar-refractivity contribution in [3.05, 3.63) is 29.8 Å². The van der Waals surface area contributed by atoms with Crippen molar-refractivity contribution in [2.45, 2.75) is 45.1 Å². The molecular formula is C19H24N2O4. The van der Waals surface area contributed by atoms with Crippen LogP contribution in [-0.2, 0) is 14.3 Å². The maximum Gasteiger partial charge on any atom is 0.340 e. The van der Waals surface area contributed by atoms with E-state index in [9.17, 15) is 14.4 Å². The highest BCUT2D eigenvalue weighted by atomic mass is 16.5. The van der Waals surface area contributed by atoms with Gasteiger partial charge in [-0.25, -0.2) is 4.79 Å². The summed E-state index contributed by atoms with van der Waals surface area (Å²) < 4.78 is 5.26. The van der Waals surface area contributed by atoms with Crippen LogP contribution in [0.3, 0.4) is 0 Å². The Labute approximate surface area is 147 Å². The van der Waals surface area contributed by atoms with Crippen molar-refractivity contribution in [3.63, 3.8) is 0 Å². The number of para-hydroxylation sites is 1. The topological polar surface area (TPSA) is 66.9 Å². The van der Waals surface area contributed by atoms with Crippen molar-refractivity contribution in [2.75, 3.05) is 24.6 Å².